The molecular formula is C18H21N3O. The Morgan fingerprint density at radius 1 is 1.23 bits per heavy atom. The van der Waals surface area contributed by atoms with Gasteiger partial charge in [-0.3, -0.25) is 9.69 Å². The summed E-state index contributed by atoms with van der Waals surface area (Å²) in [4.78, 5) is 14.0. The monoisotopic (exact) mass is 295 g/mol. The first-order chi connectivity index (χ1) is 10.7. The fraction of sp³-hybridized carbons (Fsp3) is 0.278. The maximum Gasteiger partial charge on any atom is 0.251 e. The van der Waals surface area contributed by atoms with Crippen LogP contribution in [0.2, 0.25) is 0 Å². The molecule has 4 heteroatoms. The van der Waals surface area contributed by atoms with Crippen molar-refractivity contribution in [1.29, 1.82) is 0 Å². The number of nitrogens with one attached hydrogen (secondary N) is 1. The zero-order valence-electron chi connectivity index (χ0n) is 12.8. The van der Waals surface area contributed by atoms with Gasteiger partial charge >= 0.3 is 0 Å². The minimum Gasteiger partial charge on any atom is -0.398 e. The number of nitrogens with two attached hydrogens (primary N) is 1. The van der Waals surface area contributed by atoms with E-state index in [1.807, 2.05) is 12.1 Å². The van der Waals surface area contributed by atoms with Gasteiger partial charge in [-0.1, -0.05) is 30.3 Å². The standard InChI is InChI=1S/C18H21N3O/c1-20-18(22)14-6-7-16(17(19)10-14)12-21-9-8-13-4-2-3-5-15(13)11-21/h2-7,10H,8-9,11-12,19H2,1H3,(H,20,22). The predicted molar refractivity (Wildman–Crippen MR) is 88.5 cm³/mol. The molecule has 0 aliphatic carbocycles. The summed E-state index contributed by atoms with van der Waals surface area (Å²) < 4.78 is 0. The normalized spacial score (nSPS) is 14.4. The number of hydrogen-bond acceptors (Lipinski definition) is 3. The van der Waals surface area contributed by atoms with E-state index < -0.39 is 0 Å². The lowest BCUT2D eigenvalue weighted by Crippen LogP contribution is -2.30. The molecule has 1 heterocycles. The van der Waals surface area contributed by atoms with Gasteiger partial charge in [0.15, 0.2) is 0 Å². The molecule has 0 saturated heterocycles. The fourth-order valence-electron chi connectivity index (χ4n) is 2.95. The van der Waals surface area contributed by atoms with Crippen molar-refractivity contribution in [3.63, 3.8) is 0 Å². The molecule has 0 aromatic heterocycles. The van der Waals surface area contributed by atoms with E-state index in [1.54, 1.807) is 13.1 Å². The summed E-state index contributed by atoms with van der Waals surface area (Å²) >= 11 is 0. The number of hydrogen-bond donors (Lipinski definition) is 2. The predicted octanol–water partition coefficient (Wildman–Crippen LogP) is 2.19. The highest BCUT2D eigenvalue weighted by Crippen LogP contribution is 2.22. The molecule has 0 radical (unpaired) electrons. The van der Waals surface area contributed by atoms with Gasteiger partial charge in [-0.2, -0.15) is 0 Å². The third-order valence-corrected chi connectivity index (χ3v) is 4.24. The maximum atomic E-state index is 11.6. The highest BCUT2D eigenvalue weighted by Gasteiger charge is 2.17. The summed E-state index contributed by atoms with van der Waals surface area (Å²) in [6, 6.07) is 14.1. The van der Waals surface area contributed by atoms with E-state index in [0.717, 1.165) is 31.6 Å². The Hall–Kier alpha value is -2.33. The number of carbonyl (C=O) groups excluding carboxylic acids is 1. The van der Waals surface area contributed by atoms with Crippen LogP contribution in [0.4, 0.5) is 5.69 Å². The van der Waals surface area contributed by atoms with Crippen molar-refractivity contribution < 1.29 is 4.79 Å². The van der Waals surface area contributed by atoms with E-state index in [0.29, 0.717) is 11.3 Å². The van der Waals surface area contributed by atoms with Crippen molar-refractivity contribution in [3.8, 4) is 0 Å². The first kappa shape index (κ1) is 14.6. The summed E-state index contributed by atoms with van der Waals surface area (Å²) in [5, 5.41) is 2.62. The summed E-state index contributed by atoms with van der Waals surface area (Å²) in [6.45, 7) is 2.80. The Bertz CT molecular complexity index is 696. The molecule has 1 amide bonds. The van der Waals surface area contributed by atoms with Gasteiger partial charge in [-0.25, -0.2) is 0 Å². The van der Waals surface area contributed by atoms with Crippen molar-refractivity contribution >= 4 is 11.6 Å². The third-order valence-electron chi connectivity index (χ3n) is 4.24. The van der Waals surface area contributed by atoms with Crippen LogP contribution in [-0.2, 0) is 19.5 Å². The van der Waals surface area contributed by atoms with Crippen molar-refractivity contribution in [1.82, 2.24) is 10.2 Å². The van der Waals surface area contributed by atoms with Crippen molar-refractivity contribution in [2.24, 2.45) is 0 Å². The van der Waals surface area contributed by atoms with E-state index in [2.05, 4.69) is 34.5 Å². The topological polar surface area (TPSA) is 58.4 Å². The molecule has 0 atom stereocenters. The molecule has 22 heavy (non-hydrogen) atoms. The van der Waals surface area contributed by atoms with Crippen LogP contribution in [0.15, 0.2) is 42.5 Å². The minimum atomic E-state index is -0.106. The fourth-order valence-corrected chi connectivity index (χ4v) is 2.95. The average Bonchev–Trinajstić information content (AvgIpc) is 2.56. The largest absolute Gasteiger partial charge is 0.398 e. The van der Waals surface area contributed by atoms with E-state index >= 15 is 0 Å². The molecule has 1 aliphatic rings. The van der Waals surface area contributed by atoms with Crippen LogP contribution in [0.25, 0.3) is 0 Å². The molecule has 114 valence electrons. The molecule has 0 bridgehead atoms. The van der Waals surface area contributed by atoms with Gasteiger partial charge in [0.05, 0.1) is 0 Å². The van der Waals surface area contributed by atoms with Gasteiger partial charge in [0.2, 0.25) is 0 Å². The maximum absolute atomic E-state index is 11.6. The van der Waals surface area contributed by atoms with Gasteiger partial charge in [-0.15, -0.1) is 0 Å². The number of fused-ring (bicyclic) bond motifs is 1. The number of carbonyl (C=O) groups is 1. The lowest BCUT2D eigenvalue weighted by Gasteiger charge is -2.29. The molecule has 2 aromatic carbocycles. The highest BCUT2D eigenvalue weighted by atomic mass is 16.1. The Labute approximate surface area is 130 Å². The highest BCUT2D eigenvalue weighted by molar-refractivity contribution is 5.95. The lowest BCUT2D eigenvalue weighted by molar-refractivity contribution is 0.0963. The second-order valence-electron chi connectivity index (χ2n) is 5.72. The first-order valence-electron chi connectivity index (χ1n) is 7.57. The van der Waals surface area contributed by atoms with Gasteiger partial charge < -0.3 is 11.1 Å². The Balaban J connectivity index is 1.73. The smallest absolute Gasteiger partial charge is 0.251 e. The molecule has 1 aliphatic heterocycles. The number of amides is 1. The van der Waals surface area contributed by atoms with Crippen LogP contribution < -0.4 is 11.1 Å². The zero-order chi connectivity index (χ0) is 15.5. The number of nitrogen functional groups attached to an aromatic ring is 1. The van der Waals surface area contributed by atoms with Crippen LogP contribution in [0.1, 0.15) is 27.0 Å². The summed E-state index contributed by atoms with van der Waals surface area (Å²) in [5.74, 6) is -0.106. The van der Waals surface area contributed by atoms with E-state index in [1.165, 1.54) is 11.1 Å². The summed E-state index contributed by atoms with van der Waals surface area (Å²) in [6.07, 6.45) is 1.08. The molecule has 0 fully saturated rings. The van der Waals surface area contributed by atoms with E-state index in [4.69, 9.17) is 5.73 Å². The molecule has 2 aromatic rings. The number of benzene rings is 2. The minimum absolute atomic E-state index is 0.106. The molecular weight excluding hydrogens is 274 g/mol. The van der Waals surface area contributed by atoms with Crippen LogP contribution in [0.5, 0.6) is 0 Å². The third kappa shape index (κ3) is 2.97. The molecule has 4 nitrogen and oxygen atoms in total. The van der Waals surface area contributed by atoms with Crippen LogP contribution in [-0.4, -0.2) is 24.4 Å². The molecule has 3 rings (SSSR count). The number of nitrogens with zero attached hydrogens (tertiary/aromatic N) is 1. The first-order valence-corrected chi connectivity index (χ1v) is 7.57. The van der Waals surface area contributed by atoms with E-state index in [9.17, 15) is 4.79 Å². The second kappa shape index (κ2) is 6.20. The summed E-state index contributed by atoms with van der Waals surface area (Å²) in [5.41, 5.74) is 11.3. The Morgan fingerprint density at radius 3 is 2.73 bits per heavy atom. The SMILES string of the molecule is CNC(=O)c1ccc(CN2CCc3ccccc3C2)c(N)c1. The van der Waals surface area contributed by atoms with Gasteiger partial charge in [0, 0.05) is 37.9 Å². The summed E-state index contributed by atoms with van der Waals surface area (Å²) in [7, 11) is 1.62. The van der Waals surface area contributed by atoms with Crippen molar-refractivity contribution in [2.45, 2.75) is 19.5 Å². The van der Waals surface area contributed by atoms with Crippen molar-refractivity contribution in [2.75, 3.05) is 19.3 Å². The number of rotatable bonds is 3. The molecule has 0 spiro atoms. The van der Waals surface area contributed by atoms with Gasteiger partial charge in [0.1, 0.15) is 0 Å². The second-order valence-corrected chi connectivity index (χ2v) is 5.72. The molecule has 0 saturated carbocycles. The van der Waals surface area contributed by atoms with Gasteiger partial charge in [-0.05, 0) is 35.2 Å². The Kier molecular flexibility index (Phi) is 4.11. The molecule has 3 N–H and O–H groups in total. The van der Waals surface area contributed by atoms with Crippen LogP contribution in [0, 0.1) is 0 Å². The quantitative estimate of drug-likeness (QED) is 0.853. The van der Waals surface area contributed by atoms with Crippen LogP contribution in [0.3, 0.4) is 0 Å². The van der Waals surface area contributed by atoms with E-state index in [-0.39, 0.29) is 5.91 Å². The zero-order valence-corrected chi connectivity index (χ0v) is 12.8. The van der Waals surface area contributed by atoms with Crippen molar-refractivity contribution in [3.05, 3.63) is 64.7 Å². The van der Waals surface area contributed by atoms with Crippen LogP contribution >= 0.6 is 0 Å². The lowest BCUT2D eigenvalue weighted by atomic mass is 9.99. The average molecular weight is 295 g/mol. The molecule has 0 unspecified atom stereocenters. The number of anilines is 1. The Morgan fingerprint density at radius 2 is 2.00 bits per heavy atom. The van der Waals surface area contributed by atoms with Gasteiger partial charge in [0.25, 0.3) is 5.91 Å².